The summed E-state index contributed by atoms with van der Waals surface area (Å²) in [5.74, 6) is 0.647. The van der Waals surface area contributed by atoms with Gasteiger partial charge in [0.25, 0.3) is 0 Å². The molecule has 3 rings (SSSR count). The topological polar surface area (TPSA) is 114 Å². The first-order valence-electron chi connectivity index (χ1n) is 11.3. The second kappa shape index (κ2) is 11.7. The largest absolute Gasteiger partial charge is 0.486 e. The molecule has 0 aliphatic carbocycles. The molecule has 1 heterocycles. The Morgan fingerprint density at radius 1 is 1.08 bits per heavy atom. The summed E-state index contributed by atoms with van der Waals surface area (Å²) in [7, 11) is 0. The monoisotopic (exact) mass is 511 g/mol. The van der Waals surface area contributed by atoms with Gasteiger partial charge in [-0.2, -0.15) is 0 Å². The molecule has 2 aromatic carbocycles. The number of para-hydroxylation sites is 1. The van der Waals surface area contributed by atoms with Gasteiger partial charge in [0.05, 0.1) is 23.8 Å². The number of anilines is 3. The highest BCUT2D eigenvalue weighted by Crippen LogP contribution is 2.28. The summed E-state index contributed by atoms with van der Waals surface area (Å²) in [4.78, 5) is 32.0. The van der Waals surface area contributed by atoms with Gasteiger partial charge in [-0.1, -0.05) is 29.8 Å². The molecule has 0 radical (unpaired) electrons. The number of amides is 2. The lowest BCUT2D eigenvalue weighted by molar-refractivity contribution is -0.114. The molecule has 190 valence electrons. The van der Waals surface area contributed by atoms with Crippen LogP contribution in [-0.2, 0) is 22.7 Å². The first kappa shape index (κ1) is 26.7. The predicted octanol–water partition coefficient (Wildman–Crippen LogP) is 5.74. The smallest absolute Gasteiger partial charge is 0.407 e. The molecule has 0 saturated carbocycles. The van der Waals surface area contributed by atoms with Gasteiger partial charge >= 0.3 is 6.09 Å². The fraction of sp³-hybridized carbons (Fsp3) is 0.308. The third-order valence-corrected chi connectivity index (χ3v) is 5.16. The maximum Gasteiger partial charge on any atom is 0.407 e. The van der Waals surface area contributed by atoms with Crippen LogP contribution in [0.1, 0.15) is 44.4 Å². The van der Waals surface area contributed by atoms with E-state index in [0.29, 0.717) is 34.6 Å². The molecule has 0 aliphatic heterocycles. The van der Waals surface area contributed by atoms with E-state index < -0.39 is 11.7 Å². The van der Waals surface area contributed by atoms with Gasteiger partial charge in [0.15, 0.2) is 5.75 Å². The number of halogens is 1. The number of aromatic nitrogens is 2. The van der Waals surface area contributed by atoms with Crippen molar-refractivity contribution in [2.45, 2.75) is 53.4 Å². The fourth-order valence-corrected chi connectivity index (χ4v) is 3.36. The predicted molar refractivity (Wildman–Crippen MR) is 140 cm³/mol. The van der Waals surface area contributed by atoms with Crippen LogP contribution in [0, 0.1) is 6.92 Å². The average Bonchev–Trinajstić information content (AvgIpc) is 2.79. The number of aryl methyl sites for hydroxylation is 1. The number of ether oxygens (including phenoxy) is 2. The quantitative estimate of drug-likeness (QED) is 0.353. The van der Waals surface area contributed by atoms with Crippen LogP contribution in [0.2, 0.25) is 5.02 Å². The van der Waals surface area contributed by atoms with E-state index in [2.05, 4.69) is 25.9 Å². The summed E-state index contributed by atoms with van der Waals surface area (Å²) >= 11 is 6.33. The van der Waals surface area contributed by atoms with E-state index >= 15 is 0 Å². The van der Waals surface area contributed by atoms with Gasteiger partial charge in [-0.3, -0.25) is 4.79 Å². The van der Waals surface area contributed by atoms with E-state index in [0.717, 1.165) is 16.7 Å². The number of hydrogen-bond donors (Lipinski definition) is 3. The van der Waals surface area contributed by atoms with Crippen LogP contribution in [0.3, 0.4) is 0 Å². The zero-order chi connectivity index (χ0) is 26.3. The van der Waals surface area contributed by atoms with Crippen molar-refractivity contribution in [1.29, 1.82) is 0 Å². The summed E-state index contributed by atoms with van der Waals surface area (Å²) in [6.07, 6.45) is 2.61. The van der Waals surface area contributed by atoms with Crippen molar-refractivity contribution in [1.82, 2.24) is 15.3 Å². The second-order valence-electron chi connectivity index (χ2n) is 9.12. The molecule has 3 N–H and O–H groups in total. The molecule has 0 atom stereocenters. The van der Waals surface area contributed by atoms with Crippen LogP contribution in [0.25, 0.3) is 0 Å². The maximum absolute atomic E-state index is 11.9. The molecule has 3 aromatic rings. The molecule has 2 amide bonds. The molecule has 0 spiro atoms. The number of benzene rings is 2. The van der Waals surface area contributed by atoms with Crippen molar-refractivity contribution in [3.63, 3.8) is 0 Å². The summed E-state index contributed by atoms with van der Waals surface area (Å²) in [6, 6.07) is 11.0. The van der Waals surface area contributed by atoms with Gasteiger partial charge in [0, 0.05) is 24.1 Å². The minimum absolute atomic E-state index is 0.170. The van der Waals surface area contributed by atoms with Crippen molar-refractivity contribution in [2.75, 3.05) is 10.6 Å². The van der Waals surface area contributed by atoms with Crippen molar-refractivity contribution in [2.24, 2.45) is 0 Å². The lowest BCUT2D eigenvalue weighted by Gasteiger charge is -2.19. The Morgan fingerprint density at radius 3 is 2.47 bits per heavy atom. The van der Waals surface area contributed by atoms with Crippen LogP contribution in [0.15, 0.2) is 48.8 Å². The Morgan fingerprint density at radius 2 is 1.81 bits per heavy atom. The van der Waals surface area contributed by atoms with Crippen LogP contribution >= 0.6 is 11.6 Å². The SMILES string of the molecule is CC(=O)Nc1cccc(C)c1Nc1ncc(OCc2cc(CNC(=O)OC(C)(C)C)ccc2Cl)cn1. The van der Waals surface area contributed by atoms with Gasteiger partial charge in [0.1, 0.15) is 12.2 Å². The highest BCUT2D eigenvalue weighted by molar-refractivity contribution is 6.31. The third kappa shape index (κ3) is 8.13. The number of nitrogens with zero attached hydrogens (tertiary/aromatic N) is 2. The molecule has 0 bridgehead atoms. The highest BCUT2D eigenvalue weighted by atomic mass is 35.5. The molecule has 1 aromatic heterocycles. The van der Waals surface area contributed by atoms with Gasteiger partial charge < -0.3 is 25.4 Å². The normalized spacial score (nSPS) is 10.9. The third-order valence-electron chi connectivity index (χ3n) is 4.79. The number of carbonyl (C=O) groups excluding carboxylic acids is 2. The van der Waals surface area contributed by atoms with Crippen molar-refractivity contribution in [3.8, 4) is 5.75 Å². The Labute approximate surface area is 215 Å². The van der Waals surface area contributed by atoms with E-state index in [1.165, 1.54) is 6.92 Å². The molecule has 10 heteroatoms. The molecule has 0 saturated heterocycles. The second-order valence-corrected chi connectivity index (χ2v) is 9.52. The van der Waals surface area contributed by atoms with Crippen molar-refractivity contribution in [3.05, 3.63) is 70.5 Å². The minimum atomic E-state index is -0.566. The van der Waals surface area contributed by atoms with Gasteiger partial charge in [0.2, 0.25) is 11.9 Å². The number of hydrogen-bond acceptors (Lipinski definition) is 7. The van der Waals surface area contributed by atoms with Gasteiger partial charge in [-0.25, -0.2) is 14.8 Å². The molecule has 0 unspecified atom stereocenters. The molecular formula is C26H30ClN5O4. The summed E-state index contributed by atoms with van der Waals surface area (Å²) in [6.45, 7) is 9.29. The van der Waals surface area contributed by atoms with E-state index in [9.17, 15) is 9.59 Å². The van der Waals surface area contributed by atoms with Crippen LogP contribution in [0.4, 0.5) is 22.1 Å². The molecule has 9 nitrogen and oxygen atoms in total. The van der Waals surface area contributed by atoms with Crippen LogP contribution in [-0.4, -0.2) is 27.6 Å². The average molecular weight is 512 g/mol. The minimum Gasteiger partial charge on any atom is -0.486 e. The Bertz CT molecular complexity index is 1230. The summed E-state index contributed by atoms with van der Waals surface area (Å²) < 4.78 is 11.1. The number of alkyl carbamates (subject to hydrolysis) is 1. The lowest BCUT2D eigenvalue weighted by atomic mass is 10.1. The van der Waals surface area contributed by atoms with Gasteiger partial charge in [-0.15, -0.1) is 0 Å². The fourth-order valence-electron chi connectivity index (χ4n) is 3.19. The molecular weight excluding hydrogens is 482 g/mol. The Balaban J connectivity index is 1.61. The van der Waals surface area contributed by atoms with E-state index in [1.54, 1.807) is 24.5 Å². The first-order valence-corrected chi connectivity index (χ1v) is 11.7. The maximum atomic E-state index is 11.9. The van der Waals surface area contributed by atoms with E-state index in [1.807, 2.05) is 52.0 Å². The Kier molecular flexibility index (Phi) is 8.71. The zero-order valence-corrected chi connectivity index (χ0v) is 21.7. The Hall–Kier alpha value is -3.85. The first-order chi connectivity index (χ1) is 17.0. The summed E-state index contributed by atoms with van der Waals surface area (Å²) in [5, 5.41) is 9.20. The van der Waals surface area contributed by atoms with Crippen molar-refractivity contribution >= 4 is 40.9 Å². The zero-order valence-electron chi connectivity index (χ0n) is 20.9. The number of nitrogens with one attached hydrogen (secondary N) is 3. The van der Waals surface area contributed by atoms with Crippen LogP contribution < -0.4 is 20.7 Å². The molecule has 36 heavy (non-hydrogen) atoms. The standard InChI is InChI=1S/C26H30ClN5O4/c1-16-7-6-8-22(31-17(2)33)23(16)32-24-28-13-20(14-29-24)35-15-19-11-18(9-10-21(19)27)12-30-25(34)36-26(3,4)5/h6-11,13-14H,12,15H2,1-5H3,(H,30,34)(H,31,33)(H,28,29,32). The highest BCUT2D eigenvalue weighted by Gasteiger charge is 2.16. The van der Waals surface area contributed by atoms with Crippen LogP contribution in [0.5, 0.6) is 5.75 Å². The van der Waals surface area contributed by atoms with E-state index in [4.69, 9.17) is 21.1 Å². The van der Waals surface area contributed by atoms with Gasteiger partial charge in [-0.05, 0) is 57.0 Å². The lowest BCUT2D eigenvalue weighted by Crippen LogP contribution is -2.32. The molecule has 0 fully saturated rings. The number of rotatable bonds is 8. The van der Waals surface area contributed by atoms with Crippen molar-refractivity contribution < 1.29 is 19.1 Å². The van der Waals surface area contributed by atoms with E-state index in [-0.39, 0.29) is 12.5 Å². The number of carbonyl (C=O) groups is 2. The summed E-state index contributed by atoms with van der Waals surface area (Å²) in [5.41, 5.74) is 3.33. The molecule has 0 aliphatic rings.